The lowest BCUT2D eigenvalue weighted by molar-refractivity contribution is -0.117. The number of amides is 1. The zero-order valence-electron chi connectivity index (χ0n) is 13.4. The Bertz CT molecular complexity index is 828. The molecule has 6 heteroatoms. The Kier molecular flexibility index (Phi) is 4.67. The molecule has 0 spiro atoms. The van der Waals surface area contributed by atoms with E-state index >= 15 is 0 Å². The summed E-state index contributed by atoms with van der Waals surface area (Å²) in [6.45, 7) is 2.09. The molecule has 0 radical (unpaired) electrons. The van der Waals surface area contributed by atoms with Gasteiger partial charge in [0.05, 0.1) is 5.92 Å². The molecule has 4 N–H and O–H groups in total. The molecule has 24 heavy (non-hydrogen) atoms. The molecule has 3 aromatic rings. The molecule has 0 saturated carbocycles. The molecule has 3 rings (SSSR count). The van der Waals surface area contributed by atoms with Gasteiger partial charge in [-0.3, -0.25) is 9.89 Å². The van der Waals surface area contributed by atoms with E-state index in [2.05, 4.69) is 20.5 Å². The second-order valence-electron chi connectivity index (χ2n) is 5.51. The monoisotopic (exact) mass is 321 g/mol. The van der Waals surface area contributed by atoms with Crippen LogP contribution in [-0.2, 0) is 4.79 Å². The summed E-state index contributed by atoms with van der Waals surface area (Å²) in [4.78, 5) is 16.9. The van der Waals surface area contributed by atoms with Crippen LogP contribution in [0.15, 0.2) is 54.6 Å². The van der Waals surface area contributed by atoms with Gasteiger partial charge in [0.25, 0.3) is 0 Å². The van der Waals surface area contributed by atoms with Crippen molar-refractivity contribution in [3.05, 3.63) is 66.0 Å². The van der Waals surface area contributed by atoms with Crippen LogP contribution in [0, 0.1) is 6.92 Å². The molecule has 2 aromatic carbocycles. The first-order valence-electron chi connectivity index (χ1n) is 7.72. The number of aromatic amines is 1. The van der Waals surface area contributed by atoms with Gasteiger partial charge >= 0.3 is 0 Å². The molecule has 0 aliphatic rings. The maximum atomic E-state index is 12.6. The minimum absolute atomic E-state index is 0.132. The van der Waals surface area contributed by atoms with Crippen molar-refractivity contribution >= 4 is 11.6 Å². The van der Waals surface area contributed by atoms with E-state index in [9.17, 15) is 4.79 Å². The number of nitrogens with two attached hydrogens (primary N) is 1. The summed E-state index contributed by atoms with van der Waals surface area (Å²) in [6, 6.07) is 17.0. The standard InChI is InChI=1S/C18H19N5O/c1-12-20-17(23-22-12)14-8-5-9-15(10-14)21-18(24)16(11-19)13-6-3-2-4-7-13/h2-10,16H,11,19H2,1H3,(H,21,24)(H,20,22,23). The number of rotatable bonds is 5. The number of aryl methyl sites for hydroxylation is 1. The molecule has 0 fully saturated rings. The van der Waals surface area contributed by atoms with Crippen molar-refractivity contribution in [2.45, 2.75) is 12.8 Å². The second-order valence-corrected chi connectivity index (χ2v) is 5.51. The van der Waals surface area contributed by atoms with E-state index in [1.54, 1.807) is 0 Å². The fourth-order valence-electron chi connectivity index (χ4n) is 2.52. The van der Waals surface area contributed by atoms with Gasteiger partial charge in [-0.25, -0.2) is 4.98 Å². The number of hydrogen-bond acceptors (Lipinski definition) is 4. The Balaban J connectivity index is 1.79. The Morgan fingerprint density at radius 1 is 1.21 bits per heavy atom. The van der Waals surface area contributed by atoms with Gasteiger partial charge in [0.15, 0.2) is 5.82 Å². The van der Waals surface area contributed by atoms with Crippen LogP contribution >= 0.6 is 0 Å². The third-order valence-electron chi connectivity index (χ3n) is 3.74. The first-order chi connectivity index (χ1) is 11.7. The predicted molar refractivity (Wildman–Crippen MR) is 93.4 cm³/mol. The predicted octanol–water partition coefficient (Wildman–Crippen LogP) is 2.46. The molecular formula is C18H19N5O. The van der Waals surface area contributed by atoms with Crippen LogP contribution in [0.2, 0.25) is 0 Å². The van der Waals surface area contributed by atoms with Gasteiger partial charge < -0.3 is 11.1 Å². The van der Waals surface area contributed by atoms with Crippen molar-refractivity contribution in [2.75, 3.05) is 11.9 Å². The average Bonchev–Trinajstić information content (AvgIpc) is 3.03. The topological polar surface area (TPSA) is 96.7 Å². The van der Waals surface area contributed by atoms with Crippen molar-refractivity contribution in [3.8, 4) is 11.4 Å². The van der Waals surface area contributed by atoms with E-state index in [1.165, 1.54) is 0 Å². The molecule has 1 unspecified atom stereocenters. The van der Waals surface area contributed by atoms with Crippen molar-refractivity contribution in [3.63, 3.8) is 0 Å². The highest BCUT2D eigenvalue weighted by atomic mass is 16.1. The fraction of sp³-hybridized carbons (Fsp3) is 0.167. The minimum Gasteiger partial charge on any atom is -0.329 e. The first-order valence-corrected chi connectivity index (χ1v) is 7.72. The SMILES string of the molecule is Cc1nc(-c2cccc(NC(=O)C(CN)c3ccccc3)c2)n[nH]1. The van der Waals surface area contributed by atoms with Gasteiger partial charge in [0, 0.05) is 17.8 Å². The maximum absolute atomic E-state index is 12.6. The smallest absolute Gasteiger partial charge is 0.233 e. The number of hydrogen-bond donors (Lipinski definition) is 3. The molecule has 0 aliphatic carbocycles. The van der Waals surface area contributed by atoms with Gasteiger partial charge in [0.2, 0.25) is 5.91 Å². The molecule has 0 aliphatic heterocycles. The number of aromatic nitrogens is 3. The number of benzene rings is 2. The molecule has 1 atom stereocenters. The van der Waals surface area contributed by atoms with E-state index in [-0.39, 0.29) is 18.4 Å². The molecule has 1 heterocycles. The summed E-state index contributed by atoms with van der Waals surface area (Å²) in [5.41, 5.74) is 8.22. The quantitative estimate of drug-likeness (QED) is 0.672. The lowest BCUT2D eigenvalue weighted by Crippen LogP contribution is -2.27. The van der Waals surface area contributed by atoms with E-state index in [1.807, 2.05) is 61.5 Å². The van der Waals surface area contributed by atoms with Crippen LogP contribution in [0.25, 0.3) is 11.4 Å². The lowest BCUT2D eigenvalue weighted by atomic mass is 9.98. The normalized spacial score (nSPS) is 11.9. The van der Waals surface area contributed by atoms with Gasteiger partial charge in [-0.2, -0.15) is 5.10 Å². The Morgan fingerprint density at radius 2 is 2.00 bits per heavy atom. The van der Waals surface area contributed by atoms with Crippen molar-refractivity contribution in [1.82, 2.24) is 15.2 Å². The van der Waals surface area contributed by atoms with E-state index in [4.69, 9.17) is 5.73 Å². The highest BCUT2D eigenvalue weighted by Crippen LogP contribution is 2.21. The molecular weight excluding hydrogens is 302 g/mol. The van der Waals surface area contributed by atoms with E-state index in [0.717, 1.165) is 17.0 Å². The highest BCUT2D eigenvalue weighted by molar-refractivity contribution is 5.96. The highest BCUT2D eigenvalue weighted by Gasteiger charge is 2.19. The summed E-state index contributed by atoms with van der Waals surface area (Å²) in [6.07, 6.45) is 0. The number of nitrogens with zero attached hydrogens (tertiary/aromatic N) is 2. The number of carbonyl (C=O) groups excluding carboxylic acids is 1. The average molecular weight is 321 g/mol. The van der Waals surface area contributed by atoms with E-state index in [0.29, 0.717) is 11.5 Å². The summed E-state index contributed by atoms with van der Waals surface area (Å²) in [5.74, 6) is 0.821. The van der Waals surface area contributed by atoms with Crippen molar-refractivity contribution in [1.29, 1.82) is 0 Å². The van der Waals surface area contributed by atoms with Crippen LogP contribution in [-0.4, -0.2) is 27.6 Å². The summed E-state index contributed by atoms with van der Waals surface area (Å²) in [7, 11) is 0. The van der Waals surface area contributed by atoms with Gasteiger partial charge in [-0.15, -0.1) is 0 Å². The van der Waals surface area contributed by atoms with Crippen LogP contribution in [0.4, 0.5) is 5.69 Å². The fourth-order valence-corrected chi connectivity index (χ4v) is 2.52. The Labute approximate surface area is 140 Å². The lowest BCUT2D eigenvalue weighted by Gasteiger charge is -2.15. The van der Waals surface area contributed by atoms with Crippen LogP contribution in [0.3, 0.4) is 0 Å². The summed E-state index contributed by atoms with van der Waals surface area (Å²) < 4.78 is 0. The minimum atomic E-state index is -0.388. The number of H-pyrrole nitrogens is 1. The van der Waals surface area contributed by atoms with Crippen molar-refractivity contribution in [2.24, 2.45) is 5.73 Å². The largest absolute Gasteiger partial charge is 0.329 e. The molecule has 122 valence electrons. The van der Waals surface area contributed by atoms with Crippen molar-refractivity contribution < 1.29 is 4.79 Å². The molecule has 1 amide bonds. The zero-order chi connectivity index (χ0) is 16.9. The van der Waals surface area contributed by atoms with Crippen LogP contribution in [0.5, 0.6) is 0 Å². The number of carbonyl (C=O) groups is 1. The number of anilines is 1. The molecule has 0 bridgehead atoms. The molecule has 1 aromatic heterocycles. The van der Waals surface area contributed by atoms with Crippen LogP contribution < -0.4 is 11.1 Å². The first kappa shape index (κ1) is 15.9. The second kappa shape index (κ2) is 7.06. The molecule has 6 nitrogen and oxygen atoms in total. The number of nitrogens with one attached hydrogen (secondary N) is 2. The van der Waals surface area contributed by atoms with Crippen LogP contribution in [0.1, 0.15) is 17.3 Å². The third kappa shape index (κ3) is 3.49. The zero-order valence-corrected chi connectivity index (χ0v) is 13.4. The summed E-state index contributed by atoms with van der Waals surface area (Å²) >= 11 is 0. The third-order valence-corrected chi connectivity index (χ3v) is 3.74. The van der Waals surface area contributed by atoms with Gasteiger partial charge in [-0.1, -0.05) is 42.5 Å². The van der Waals surface area contributed by atoms with E-state index < -0.39 is 0 Å². The summed E-state index contributed by atoms with van der Waals surface area (Å²) in [5, 5.41) is 9.87. The van der Waals surface area contributed by atoms with Gasteiger partial charge in [-0.05, 0) is 24.6 Å². The Morgan fingerprint density at radius 3 is 2.67 bits per heavy atom. The molecule has 0 saturated heterocycles. The Hall–Kier alpha value is -2.99. The maximum Gasteiger partial charge on any atom is 0.233 e. The van der Waals surface area contributed by atoms with Gasteiger partial charge in [0.1, 0.15) is 5.82 Å².